The third kappa shape index (κ3) is 7.15. The van der Waals surface area contributed by atoms with Crippen molar-refractivity contribution in [1.82, 2.24) is 4.90 Å². The molecule has 4 aliphatic rings. The standard InChI is InChI=1S/C38H63NO3/c1-9-29(14-12-13-27(4)5)33-17-18-34-32-16-15-30-25-31(19-21-37(30,7)35(32)20-22-38(33,34)8)42-36(40)28(6)26-41-24-23-39(10-2)11-3/h1,27,29-35H,6,10-26H2,2-5,7-8H3/t29-,30?,31+,32?,33-,34?,35?,37+,38-/m1/s1. The fourth-order valence-electron chi connectivity index (χ4n) is 10.4. The number of carbonyl (C=O) groups is 1. The lowest BCUT2D eigenvalue weighted by Gasteiger charge is -2.61. The largest absolute Gasteiger partial charge is 0.459 e. The maximum absolute atomic E-state index is 12.9. The van der Waals surface area contributed by atoms with Crippen LogP contribution in [0.25, 0.3) is 0 Å². The molecule has 4 saturated carbocycles. The summed E-state index contributed by atoms with van der Waals surface area (Å²) in [6.45, 7) is 22.0. The van der Waals surface area contributed by atoms with Crippen molar-refractivity contribution in [3.8, 4) is 12.3 Å². The second-order valence-corrected chi connectivity index (χ2v) is 15.5. The molecule has 0 heterocycles. The van der Waals surface area contributed by atoms with Crippen LogP contribution >= 0.6 is 0 Å². The smallest absolute Gasteiger partial charge is 0.336 e. The number of fused-ring (bicyclic) bond motifs is 5. The molecule has 0 aromatic rings. The van der Waals surface area contributed by atoms with Crippen LogP contribution in [0.4, 0.5) is 0 Å². The van der Waals surface area contributed by atoms with E-state index in [2.05, 4.69) is 58.9 Å². The van der Waals surface area contributed by atoms with Crippen LogP contribution in [0.5, 0.6) is 0 Å². The van der Waals surface area contributed by atoms with Crippen molar-refractivity contribution in [3.63, 3.8) is 0 Å². The summed E-state index contributed by atoms with van der Waals surface area (Å²) in [6, 6.07) is 0. The van der Waals surface area contributed by atoms with Crippen LogP contribution in [0.3, 0.4) is 0 Å². The molecule has 0 amide bonds. The zero-order valence-corrected chi connectivity index (χ0v) is 28.1. The molecule has 0 spiro atoms. The minimum Gasteiger partial charge on any atom is -0.459 e. The molecule has 0 aliphatic heterocycles. The molecule has 4 unspecified atom stereocenters. The first kappa shape index (κ1) is 33.6. The lowest BCUT2D eigenvalue weighted by atomic mass is 9.44. The van der Waals surface area contributed by atoms with Gasteiger partial charge in [-0.1, -0.05) is 61.0 Å². The summed E-state index contributed by atoms with van der Waals surface area (Å²) in [5.74, 6) is 8.10. The highest BCUT2D eigenvalue weighted by molar-refractivity contribution is 5.88. The summed E-state index contributed by atoms with van der Waals surface area (Å²) in [6.07, 6.45) is 21.2. The van der Waals surface area contributed by atoms with Crippen LogP contribution in [-0.4, -0.2) is 49.8 Å². The topological polar surface area (TPSA) is 38.8 Å². The van der Waals surface area contributed by atoms with Crippen LogP contribution in [0.1, 0.15) is 119 Å². The summed E-state index contributed by atoms with van der Waals surface area (Å²) >= 11 is 0. The van der Waals surface area contributed by atoms with Gasteiger partial charge in [0.2, 0.25) is 0 Å². The average Bonchev–Trinajstić information content (AvgIpc) is 3.32. The zero-order chi connectivity index (χ0) is 30.5. The summed E-state index contributed by atoms with van der Waals surface area (Å²) in [4.78, 5) is 15.2. The van der Waals surface area contributed by atoms with Crippen LogP contribution in [-0.2, 0) is 14.3 Å². The van der Waals surface area contributed by atoms with Gasteiger partial charge in [-0.25, -0.2) is 4.79 Å². The van der Waals surface area contributed by atoms with E-state index in [9.17, 15) is 4.79 Å². The number of terminal acetylenes is 1. The van der Waals surface area contributed by atoms with Gasteiger partial charge in [0, 0.05) is 12.5 Å². The van der Waals surface area contributed by atoms with Crippen LogP contribution in [0.2, 0.25) is 0 Å². The Kier molecular flexibility index (Phi) is 11.7. The Labute approximate surface area is 259 Å². The third-order valence-corrected chi connectivity index (χ3v) is 13.0. The van der Waals surface area contributed by atoms with Crippen LogP contribution in [0, 0.1) is 64.6 Å². The molecule has 42 heavy (non-hydrogen) atoms. The van der Waals surface area contributed by atoms with Crippen molar-refractivity contribution in [2.24, 2.45) is 52.3 Å². The second kappa shape index (κ2) is 14.6. The van der Waals surface area contributed by atoms with Gasteiger partial charge in [0.1, 0.15) is 6.10 Å². The van der Waals surface area contributed by atoms with Gasteiger partial charge in [0.15, 0.2) is 0 Å². The van der Waals surface area contributed by atoms with Crippen LogP contribution < -0.4 is 0 Å². The highest BCUT2D eigenvalue weighted by Gasteiger charge is 2.61. The number of nitrogens with zero attached hydrogens (tertiary/aromatic N) is 1. The number of esters is 1. The van der Waals surface area contributed by atoms with Gasteiger partial charge in [-0.3, -0.25) is 0 Å². The van der Waals surface area contributed by atoms with Crippen molar-refractivity contribution in [1.29, 1.82) is 0 Å². The monoisotopic (exact) mass is 581 g/mol. The Bertz CT molecular complexity index is 948. The normalized spacial score (nSPS) is 36.5. The van der Waals surface area contributed by atoms with E-state index in [1.807, 2.05) is 0 Å². The number of likely N-dealkylation sites (N-methyl/N-ethyl adjacent to an activating group) is 1. The van der Waals surface area contributed by atoms with E-state index in [0.717, 1.165) is 56.1 Å². The first-order valence-corrected chi connectivity index (χ1v) is 17.7. The van der Waals surface area contributed by atoms with Gasteiger partial charge in [-0.2, -0.15) is 0 Å². The average molecular weight is 582 g/mol. The maximum Gasteiger partial charge on any atom is 0.336 e. The highest BCUT2D eigenvalue weighted by Crippen LogP contribution is 2.68. The minimum absolute atomic E-state index is 0.0199. The van der Waals surface area contributed by atoms with Crippen molar-refractivity contribution in [2.45, 2.75) is 125 Å². The Morgan fingerprint density at radius 2 is 1.71 bits per heavy atom. The minimum atomic E-state index is -0.262. The maximum atomic E-state index is 12.9. The Morgan fingerprint density at radius 3 is 2.40 bits per heavy atom. The number of carbonyl (C=O) groups excluding carboxylic acids is 1. The van der Waals surface area contributed by atoms with Crippen molar-refractivity contribution >= 4 is 5.97 Å². The van der Waals surface area contributed by atoms with Crippen molar-refractivity contribution in [2.75, 3.05) is 32.8 Å². The number of hydrogen-bond acceptors (Lipinski definition) is 4. The zero-order valence-electron chi connectivity index (χ0n) is 28.1. The summed E-state index contributed by atoms with van der Waals surface area (Å²) < 4.78 is 11.8. The third-order valence-electron chi connectivity index (χ3n) is 13.0. The fourth-order valence-corrected chi connectivity index (χ4v) is 10.4. The van der Waals surface area contributed by atoms with E-state index >= 15 is 0 Å². The lowest BCUT2D eigenvalue weighted by molar-refractivity contribution is -0.159. The van der Waals surface area contributed by atoms with Crippen molar-refractivity contribution in [3.05, 3.63) is 12.2 Å². The Morgan fingerprint density at radius 1 is 1.00 bits per heavy atom. The Hall–Kier alpha value is -1.31. The molecule has 4 rings (SSSR count). The summed E-state index contributed by atoms with van der Waals surface area (Å²) in [7, 11) is 0. The SMILES string of the molecule is C#C[C@H](CCCC(C)C)[C@H]1CCC2C3CCC4C[C@@H](OC(=O)C(=C)COCCN(CC)CC)CC[C@]4(C)C3CC[C@@]21C. The van der Waals surface area contributed by atoms with Gasteiger partial charge in [-0.15, -0.1) is 12.3 Å². The number of rotatable bonds is 14. The molecule has 4 aliphatic carbocycles. The molecule has 0 aromatic carbocycles. The molecule has 238 valence electrons. The van der Waals surface area contributed by atoms with Crippen LogP contribution in [0.15, 0.2) is 12.2 Å². The molecule has 0 bridgehead atoms. The first-order chi connectivity index (χ1) is 20.1. The predicted molar refractivity (Wildman–Crippen MR) is 174 cm³/mol. The molecule has 0 radical (unpaired) electrons. The molecule has 0 N–H and O–H groups in total. The molecule has 4 nitrogen and oxygen atoms in total. The van der Waals surface area contributed by atoms with E-state index in [0.29, 0.717) is 40.8 Å². The highest BCUT2D eigenvalue weighted by atomic mass is 16.5. The first-order valence-electron chi connectivity index (χ1n) is 17.7. The van der Waals surface area contributed by atoms with E-state index in [-0.39, 0.29) is 18.7 Å². The fraction of sp³-hybridized carbons (Fsp3) is 0.868. The quantitative estimate of drug-likeness (QED) is 0.0892. The molecule has 0 aromatic heterocycles. The summed E-state index contributed by atoms with van der Waals surface area (Å²) in [5.41, 5.74) is 1.24. The Balaban J connectivity index is 1.30. The lowest BCUT2D eigenvalue weighted by Crippen LogP contribution is -2.54. The number of ether oxygens (including phenoxy) is 2. The van der Waals surface area contributed by atoms with E-state index in [1.54, 1.807) is 0 Å². The molecule has 9 atom stereocenters. The van der Waals surface area contributed by atoms with E-state index < -0.39 is 0 Å². The van der Waals surface area contributed by atoms with Gasteiger partial charge >= 0.3 is 5.97 Å². The van der Waals surface area contributed by atoms with E-state index in [1.165, 1.54) is 64.2 Å². The van der Waals surface area contributed by atoms with Gasteiger partial charge < -0.3 is 14.4 Å². The van der Waals surface area contributed by atoms with E-state index in [4.69, 9.17) is 15.9 Å². The molecule has 0 saturated heterocycles. The van der Waals surface area contributed by atoms with Gasteiger partial charge in [-0.05, 0) is 124 Å². The summed E-state index contributed by atoms with van der Waals surface area (Å²) in [5, 5.41) is 0. The second-order valence-electron chi connectivity index (χ2n) is 15.5. The predicted octanol–water partition coefficient (Wildman–Crippen LogP) is 8.55. The molecular formula is C38H63NO3. The molecular weight excluding hydrogens is 518 g/mol. The molecule has 4 fully saturated rings. The molecule has 4 heteroatoms. The number of hydrogen-bond donors (Lipinski definition) is 0. The van der Waals surface area contributed by atoms with Gasteiger partial charge in [0.05, 0.1) is 18.8 Å². The van der Waals surface area contributed by atoms with Crippen molar-refractivity contribution < 1.29 is 14.3 Å². The van der Waals surface area contributed by atoms with Gasteiger partial charge in [0.25, 0.3) is 0 Å².